The number of aromatic nitrogens is 3. The van der Waals surface area contributed by atoms with E-state index in [4.69, 9.17) is 0 Å². The first-order valence-corrected chi connectivity index (χ1v) is 6.80. The van der Waals surface area contributed by atoms with Crippen LogP contribution in [0.25, 0.3) is 11.0 Å². The van der Waals surface area contributed by atoms with Crippen LogP contribution in [0.5, 0.6) is 0 Å². The second-order valence-electron chi connectivity index (χ2n) is 4.41. The molecule has 3 aromatic rings. The van der Waals surface area contributed by atoms with Gasteiger partial charge in [0.2, 0.25) is 0 Å². The Hall–Kier alpha value is -2.41. The Morgan fingerprint density at radius 2 is 2.30 bits per heavy atom. The molecular weight excluding hydrogens is 278 g/mol. The van der Waals surface area contributed by atoms with Gasteiger partial charge in [-0.1, -0.05) is 6.07 Å². The van der Waals surface area contributed by atoms with E-state index in [1.54, 1.807) is 12.1 Å². The van der Waals surface area contributed by atoms with Gasteiger partial charge in [-0.15, -0.1) is 11.3 Å². The summed E-state index contributed by atoms with van der Waals surface area (Å²) in [5.41, 5.74) is 1.58. The molecule has 0 saturated heterocycles. The Morgan fingerprint density at radius 3 is 2.95 bits per heavy atom. The fourth-order valence-corrected chi connectivity index (χ4v) is 2.91. The van der Waals surface area contributed by atoms with Crippen LogP contribution in [0, 0.1) is 6.92 Å². The van der Waals surface area contributed by atoms with Crippen LogP contribution in [-0.4, -0.2) is 25.6 Å². The maximum Gasteiger partial charge on any atom is 0.337 e. The zero-order valence-corrected chi connectivity index (χ0v) is 11.4. The van der Waals surface area contributed by atoms with Crippen LogP contribution in [-0.2, 0) is 6.54 Å². The van der Waals surface area contributed by atoms with Crippen molar-refractivity contribution in [3.05, 3.63) is 50.3 Å². The molecule has 2 aromatic heterocycles. The Bertz CT molecular complexity index is 859. The van der Waals surface area contributed by atoms with Gasteiger partial charge in [0.05, 0.1) is 23.1 Å². The van der Waals surface area contributed by atoms with Crippen LogP contribution in [0.2, 0.25) is 0 Å². The topological polar surface area (TPSA) is 88.0 Å². The number of carbonyl (C=O) groups is 1. The van der Waals surface area contributed by atoms with Crippen molar-refractivity contribution in [2.45, 2.75) is 13.5 Å². The van der Waals surface area contributed by atoms with Gasteiger partial charge in [-0.25, -0.2) is 14.6 Å². The summed E-state index contributed by atoms with van der Waals surface area (Å²) in [4.78, 5) is 30.3. The number of hydrogen-bond donors (Lipinski definition) is 2. The summed E-state index contributed by atoms with van der Waals surface area (Å²) in [5.74, 6) is -1.06. The number of carboxylic acid groups (broad SMARTS) is 1. The highest BCUT2D eigenvalue weighted by atomic mass is 32.1. The quantitative estimate of drug-likeness (QED) is 0.770. The maximum absolute atomic E-state index is 12.0. The van der Waals surface area contributed by atoms with Crippen LogP contribution in [0.1, 0.15) is 21.1 Å². The van der Waals surface area contributed by atoms with Crippen molar-refractivity contribution < 1.29 is 9.90 Å². The van der Waals surface area contributed by atoms with Gasteiger partial charge in [0.15, 0.2) is 0 Å². The zero-order valence-electron chi connectivity index (χ0n) is 10.6. The minimum atomic E-state index is -1.06. The van der Waals surface area contributed by atoms with Crippen molar-refractivity contribution in [2.75, 3.05) is 0 Å². The monoisotopic (exact) mass is 289 g/mol. The molecule has 0 aliphatic rings. The molecule has 0 aliphatic heterocycles. The molecule has 2 N–H and O–H groups in total. The second kappa shape index (κ2) is 4.61. The summed E-state index contributed by atoms with van der Waals surface area (Å²) in [6.45, 7) is 2.14. The molecule has 2 heterocycles. The molecule has 0 atom stereocenters. The lowest BCUT2D eigenvalue weighted by Gasteiger charge is -2.03. The third-order valence-corrected chi connectivity index (χ3v) is 3.93. The molecular formula is C13H11N3O3S. The predicted molar refractivity (Wildman–Crippen MR) is 75.5 cm³/mol. The molecule has 0 aliphatic carbocycles. The van der Waals surface area contributed by atoms with Crippen molar-refractivity contribution in [3.63, 3.8) is 0 Å². The molecule has 0 radical (unpaired) electrons. The van der Waals surface area contributed by atoms with E-state index >= 15 is 0 Å². The van der Waals surface area contributed by atoms with Crippen molar-refractivity contribution in [1.82, 2.24) is 14.5 Å². The Kier molecular flexibility index (Phi) is 2.90. The maximum atomic E-state index is 12.0. The van der Waals surface area contributed by atoms with Crippen molar-refractivity contribution in [1.29, 1.82) is 0 Å². The van der Waals surface area contributed by atoms with E-state index in [1.165, 1.54) is 22.0 Å². The van der Waals surface area contributed by atoms with Crippen LogP contribution in [0.4, 0.5) is 0 Å². The molecule has 20 heavy (non-hydrogen) atoms. The number of hydrogen-bond acceptors (Lipinski definition) is 4. The van der Waals surface area contributed by atoms with Crippen molar-refractivity contribution >= 4 is 28.3 Å². The Labute approximate surface area is 117 Å². The number of aromatic amines is 1. The average molecular weight is 289 g/mol. The number of H-pyrrole nitrogens is 1. The Morgan fingerprint density at radius 1 is 1.50 bits per heavy atom. The third kappa shape index (κ3) is 2.01. The highest BCUT2D eigenvalue weighted by Crippen LogP contribution is 2.18. The molecule has 7 heteroatoms. The van der Waals surface area contributed by atoms with E-state index < -0.39 is 5.97 Å². The number of aromatic carboxylic acids is 1. The molecule has 1 aromatic carbocycles. The summed E-state index contributed by atoms with van der Waals surface area (Å²) < 4.78 is 1.41. The van der Waals surface area contributed by atoms with Gasteiger partial charge in [0.1, 0.15) is 5.01 Å². The lowest BCUT2D eigenvalue weighted by Crippen LogP contribution is -2.18. The third-order valence-electron chi connectivity index (χ3n) is 2.98. The molecule has 0 amide bonds. The molecule has 102 valence electrons. The number of imidazole rings is 1. The van der Waals surface area contributed by atoms with Gasteiger partial charge in [0, 0.05) is 11.1 Å². The van der Waals surface area contributed by atoms with Gasteiger partial charge < -0.3 is 10.1 Å². The number of rotatable bonds is 3. The smallest absolute Gasteiger partial charge is 0.337 e. The number of fused-ring (bicyclic) bond motifs is 1. The standard InChI is InChI=1S/C13H11N3O3S/c1-7-6-20-10(14-7)5-16-11-8(12(17)18)3-2-4-9(11)15-13(16)19/h2-4,6H,5H2,1H3,(H,15,19)(H,17,18). The normalized spacial score (nSPS) is 11.1. The van der Waals surface area contributed by atoms with E-state index in [2.05, 4.69) is 9.97 Å². The van der Waals surface area contributed by atoms with Gasteiger partial charge >= 0.3 is 11.7 Å². The molecule has 0 unspecified atom stereocenters. The van der Waals surface area contributed by atoms with Gasteiger partial charge in [-0.3, -0.25) is 4.57 Å². The van der Waals surface area contributed by atoms with E-state index in [0.717, 1.165) is 10.7 Å². The number of benzene rings is 1. The SMILES string of the molecule is Cc1csc(Cn2c(=O)[nH]c3cccc(C(=O)O)c32)n1. The lowest BCUT2D eigenvalue weighted by atomic mass is 10.2. The van der Waals surface area contributed by atoms with Gasteiger partial charge in [0.25, 0.3) is 0 Å². The van der Waals surface area contributed by atoms with Crippen LogP contribution < -0.4 is 5.69 Å². The molecule has 0 bridgehead atoms. The minimum Gasteiger partial charge on any atom is -0.478 e. The average Bonchev–Trinajstić information content (AvgIpc) is 2.94. The number of para-hydroxylation sites is 1. The first-order valence-electron chi connectivity index (χ1n) is 5.92. The summed E-state index contributed by atoms with van der Waals surface area (Å²) in [6.07, 6.45) is 0. The summed E-state index contributed by atoms with van der Waals surface area (Å²) in [6, 6.07) is 4.79. The summed E-state index contributed by atoms with van der Waals surface area (Å²) in [7, 11) is 0. The minimum absolute atomic E-state index is 0.106. The van der Waals surface area contributed by atoms with E-state index in [9.17, 15) is 14.7 Å². The van der Waals surface area contributed by atoms with Crippen LogP contribution >= 0.6 is 11.3 Å². The lowest BCUT2D eigenvalue weighted by molar-refractivity contribution is 0.0698. The van der Waals surface area contributed by atoms with Crippen LogP contribution in [0.3, 0.4) is 0 Å². The molecule has 0 spiro atoms. The summed E-state index contributed by atoms with van der Waals surface area (Å²) >= 11 is 1.45. The fraction of sp³-hybridized carbons (Fsp3) is 0.154. The Balaban J connectivity index is 2.21. The largest absolute Gasteiger partial charge is 0.478 e. The van der Waals surface area contributed by atoms with E-state index in [-0.39, 0.29) is 17.8 Å². The zero-order chi connectivity index (χ0) is 14.3. The number of nitrogens with one attached hydrogen (secondary N) is 1. The second-order valence-corrected chi connectivity index (χ2v) is 5.35. The first-order chi connectivity index (χ1) is 9.56. The van der Waals surface area contributed by atoms with E-state index in [1.807, 2.05) is 12.3 Å². The molecule has 0 fully saturated rings. The fourth-order valence-electron chi connectivity index (χ4n) is 2.15. The highest BCUT2D eigenvalue weighted by molar-refractivity contribution is 7.09. The highest BCUT2D eigenvalue weighted by Gasteiger charge is 2.16. The molecule has 3 rings (SSSR count). The molecule has 0 saturated carbocycles. The van der Waals surface area contributed by atoms with E-state index in [0.29, 0.717) is 11.0 Å². The molecule has 6 nitrogen and oxygen atoms in total. The number of aryl methyl sites for hydroxylation is 1. The summed E-state index contributed by atoms with van der Waals surface area (Å²) in [5, 5.41) is 11.9. The van der Waals surface area contributed by atoms with Gasteiger partial charge in [-0.2, -0.15) is 0 Å². The van der Waals surface area contributed by atoms with Crippen molar-refractivity contribution in [3.8, 4) is 0 Å². The van der Waals surface area contributed by atoms with Gasteiger partial charge in [-0.05, 0) is 19.1 Å². The first kappa shape index (κ1) is 12.6. The number of nitrogens with zero attached hydrogens (tertiary/aromatic N) is 2. The number of thiazole rings is 1. The van der Waals surface area contributed by atoms with Crippen molar-refractivity contribution in [2.24, 2.45) is 0 Å². The number of carboxylic acids is 1. The van der Waals surface area contributed by atoms with Crippen LogP contribution in [0.15, 0.2) is 28.4 Å². The predicted octanol–water partition coefficient (Wildman–Crippen LogP) is 1.84.